The molecule has 136 valence electrons. The van der Waals surface area contributed by atoms with Crippen molar-refractivity contribution in [2.75, 3.05) is 7.05 Å². The van der Waals surface area contributed by atoms with Crippen molar-refractivity contribution >= 4 is 23.2 Å². The molecule has 1 aromatic carbocycles. The lowest BCUT2D eigenvalue weighted by Gasteiger charge is -2.21. The fourth-order valence-corrected chi connectivity index (χ4v) is 3.48. The summed E-state index contributed by atoms with van der Waals surface area (Å²) in [6.45, 7) is 5.98. The summed E-state index contributed by atoms with van der Waals surface area (Å²) < 4.78 is 0. The van der Waals surface area contributed by atoms with E-state index in [0.29, 0.717) is 12.0 Å². The van der Waals surface area contributed by atoms with Gasteiger partial charge in [0.1, 0.15) is 6.04 Å². The third-order valence-corrected chi connectivity index (χ3v) is 4.99. The molecule has 0 saturated carbocycles. The second-order valence-corrected chi connectivity index (χ2v) is 7.93. The first kappa shape index (κ1) is 19.7. The minimum atomic E-state index is -0.722. The Morgan fingerprint density at radius 3 is 2.58 bits per heavy atom. The number of carbonyl (C=O) groups excluding carboxylic acids is 2. The summed E-state index contributed by atoms with van der Waals surface area (Å²) in [5.41, 5.74) is 1.46. The second-order valence-electron chi connectivity index (χ2n) is 6.64. The lowest BCUT2D eigenvalue weighted by molar-refractivity contribution is -0.129. The molecule has 5 nitrogen and oxygen atoms in total. The Hall–Kier alpha value is -2.65. The molecule has 0 aliphatic carbocycles. The van der Waals surface area contributed by atoms with Gasteiger partial charge in [-0.15, -0.1) is 11.3 Å². The molecule has 0 fully saturated rings. The van der Waals surface area contributed by atoms with E-state index in [1.807, 2.05) is 51.1 Å². The summed E-state index contributed by atoms with van der Waals surface area (Å²) >= 11 is 1.67. The van der Waals surface area contributed by atoms with Crippen molar-refractivity contribution in [1.82, 2.24) is 10.2 Å². The number of aryl methyl sites for hydroxylation is 1. The minimum absolute atomic E-state index is 0.205. The molecule has 1 N–H and O–H groups in total. The van der Waals surface area contributed by atoms with Crippen LogP contribution in [0.5, 0.6) is 0 Å². The molecular formula is C20H23N3O2S. The summed E-state index contributed by atoms with van der Waals surface area (Å²) in [5.74, 6) is -0.512. The molecule has 2 aromatic rings. The highest BCUT2D eigenvalue weighted by Gasteiger charge is 2.25. The highest BCUT2D eigenvalue weighted by atomic mass is 32.1. The van der Waals surface area contributed by atoms with Crippen LogP contribution in [0.4, 0.5) is 0 Å². The van der Waals surface area contributed by atoms with Crippen molar-refractivity contribution in [2.24, 2.45) is 5.92 Å². The molecule has 1 atom stereocenters. The molecule has 0 unspecified atom stereocenters. The van der Waals surface area contributed by atoms with Crippen LogP contribution in [0.2, 0.25) is 0 Å². The van der Waals surface area contributed by atoms with Gasteiger partial charge in [0.25, 0.3) is 11.8 Å². The maximum atomic E-state index is 12.7. The largest absolute Gasteiger partial charge is 0.340 e. The van der Waals surface area contributed by atoms with Gasteiger partial charge in [-0.3, -0.25) is 14.5 Å². The van der Waals surface area contributed by atoms with Crippen LogP contribution < -0.4 is 5.32 Å². The number of hydrogen-bond donors (Lipinski definition) is 1. The lowest BCUT2D eigenvalue weighted by Crippen LogP contribution is -2.46. The van der Waals surface area contributed by atoms with Crippen LogP contribution >= 0.6 is 11.3 Å². The molecule has 1 aromatic heterocycles. The zero-order valence-electron chi connectivity index (χ0n) is 15.4. The van der Waals surface area contributed by atoms with E-state index < -0.39 is 11.9 Å². The molecule has 0 bridgehead atoms. The molecule has 2 amide bonds. The van der Waals surface area contributed by atoms with E-state index >= 15 is 0 Å². The fraction of sp³-hybridized carbons (Fsp3) is 0.350. The van der Waals surface area contributed by atoms with E-state index in [1.54, 1.807) is 23.6 Å². The van der Waals surface area contributed by atoms with Crippen LogP contribution in [0.3, 0.4) is 0 Å². The number of thiophene rings is 1. The molecule has 0 aliphatic rings. The van der Waals surface area contributed by atoms with Gasteiger partial charge in [0, 0.05) is 22.4 Å². The smallest absolute Gasteiger partial charge is 0.257 e. The maximum Gasteiger partial charge on any atom is 0.257 e. The van der Waals surface area contributed by atoms with Crippen LogP contribution in [-0.4, -0.2) is 29.8 Å². The Balaban J connectivity index is 2.21. The van der Waals surface area contributed by atoms with Crippen molar-refractivity contribution in [3.63, 3.8) is 0 Å². The van der Waals surface area contributed by atoms with E-state index in [1.165, 1.54) is 11.9 Å². The van der Waals surface area contributed by atoms with Gasteiger partial charge in [0.15, 0.2) is 6.19 Å². The van der Waals surface area contributed by atoms with Crippen molar-refractivity contribution in [2.45, 2.75) is 33.2 Å². The van der Waals surface area contributed by atoms with Gasteiger partial charge in [0.05, 0.1) is 0 Å². The van der Waals surface area contributed by atoms with E-state index in [2.05, 4.69) is 5.32 Å². The number of rotatable bonds is 6. The molecule has 0 radical (unpaired) electrons. The minimum Gasteiger partial charge on any atom is -0.340 e. The van der Waals surface area contributed by atoms with Crippen molar-refractivity contribution in [3.05, 3.63) is 46.8 Å². The molecule has 1 heterocycles. The molecule has 0 aliphatic heterocycles. The Bertz CT molecular complexity index is 836. The Morgan fingerprint density at radius 1 is 1.27 bits per heavy atom. The van der Waals surface area contributed by atoms with Crippen LogP contribution in [0.1, 0.15) is 35.5 Å². The predicted molar refractivity (Wildman–Crippen MR) is 104 cm³/mol. The van der Waals surface area contributed by atoms with Crippen molar-refractivity contribution in [3.8, 4) is 16.6 Å². The zero-order valence-corrected chi connectivity index (χ0v) is 16.3. The third-order valence-electron chi connectivity index (χ3n) is 3.94. The standard InChI is InChI=1S/C20H23N3O2S/c1-13(2)10-17(20(25)23(4)12-21)22-19(24)16-7-5-6-15(11-16)18-9-8-14(3)26-18/h5-9,11,13,17H,10H2,1-4H3,(H,22,24)/t17-/m0/s1. The SMILES string of the molecule is Cc1ccc(-c2cccc(C(=O)N[C@@H](CC(C)C)C(=O)N(C)C#N)c2)s1. The Labute approximate surface area is 158 Å². The molecule has 26 heavy (non-hydrogen) atoms. The van der Waals surface area contributed by atoms with Gasteiger partial charge >= 0.3 is 0 Å². The average molecular weight is 369 g/mol. The summed E-state index contributed by atoms with van der Waals surface area (Å²) in [5, 5.41) is 11.7. The number of nitriles is 1. The van der Waals surface area contributed by atoms with E-state index in [9.17, 15) is 9.59 Å². The summed E-state index contributed by atoms with van der Waals surface area (Å²) in [4.78, 5) is 28.3. The summed E-state index contributed by atoms with van der Waals surface area (Å²) in [7, 11) is 1.40. The van der Waals surface area contributed by atoms with Gasteiger partial charge in [-0.25, -0.2) is 0 Å². The lowest BCUT2D eigenvalue weighted by atomic mass is 10.0. The van der Waals surface area contributed by atoms with Crippen molar-refractivity contribution < 1.29 is 9.59 Å². The molecule has 6 heteroatoms. The average Bonchev–Trinajstić information content (AvgIpc) is 3.06. The van der Waals surface area contributed by atoms with E-state index in [-0.39, 0.29) is 11.8 Å². The highest BCUT2D eigenvalue weighted by molar-refractivity contribution is 7.15. The molecular weight excluding hydrogens is 346 g/mol. The first-order valence-electron chi connectivity index (χ1n) is 8.47. The monoisotopic (exact) mass is 369 g/mol. The normalized spacial score (nSPS) is 11.7. The van der Waals surface area contributed by atoms with Gasteiger partial charge < -0.3 is 5.32 Å². The van der Waals surface area contributed by atoms with E-state index in [0.717, 1.165) is 15.3 Å². The van der Waals surface area contributed by atoms with Crippen LogP contribution in [0.15, 0.2) is 36.4 Å². The van der Waals surface area contributed by atoms with Gasteiger partial charge in [0.2, 0.25) is 0 Å². The summed E-state index contributed by atoms with van der Waals surface area (Å²) in [6, 6.07) is 10.7. The number of carbonyl (C=O) groups is 2. The van der Waals surface area contributed by atoms with Crippen LogP contribution in [0, 0.1) is 24.3 Å². The van der Waals surface area contributed by atoms with Crippen LogP contribution in [0.25, 0.3) is 10.4 Å². The summed E-state index contributed by atoms with van der Waals surface area (Å²) in [6.07, 6.45) is 2.27. The quantitative estimate of drug-likeness (QED) is 0.622. The number of amides is 2. The number of nitrogens with one attached hydrogen (secondary N) is 1. The van der Waals surface area contributed by atoms with Gasteiger partial charge in [-0.2, -0.15) is 5.26 Å². The fourth-order valence-electron chi connectivity index (χ4n) is 2.62. The van der Waals surface area contributed by atoms with Crippen LogP contribution in [-0.2, 0) is 4.79 Å². The molecule has 2 rings (SSSR count). The Kier molecular flexibility index (Phi) is 6.53. The number of likely N-dealkylation sites (N-methyl/N-ethyl adjacent to an activating group) is 1. The third kappa shape index (κ3) is 4.93. The Morgan fingerprint density at radius 2 is 2.00 bits per heavy atom. The number of benzene rings is 1. The second kappa shape index (κ2) is 8.63. The molecule has 0 spiro atoms. The first-order valence-corrected chi connectivity index (χ1v) is 9.28. The van der Waals surface area contributed by atoms with Gasteiger partial charge in [-0.05, 0) is 49.1 Å². The maximum absolute atomic E-state index is 12.7. The topological polar surface area (TPSA) is 73.2 Å². The first-order chi connectivity index (χ1) is 12.3. The van der Waals surface area contributed by atoms with Crippen molar-refractivity contribution in [1.29, 1.82) is 5.26 Å². The molecule has 0 saturated heterocycles. The highest BCUT2D eigenvalue weighted by Crippen LogP contribution is 2.28. The van der Waals surface area contributed by atoms with E-state index in [4.69, 9.17) is 5.26 Å². The number of hydrogen-bond acceptors (Lipinski definition) is 4. The predicted octanol–water partition coefficient (Wildman–Crippen LogP) is 3.81. The van der Waals surface area contributed by atoms with Gasteiger partial charge in [-0.1, -0.05) is 26.0 Å². The number of nitrogens with zero attached hydrogens (tertiary/aromatic N) is 2. The zero-order chi connectivity index (χ0) is 19.3.